The van der Waals surface area contributed by atoms with Gasteiger partial charge in [-0.3, -0.25) is 9.69 Å². The first-order valence-electron chi connectivity index (χ1n) is 6.43. The molecule has 0 amide bonds. The van der Waals surface area contributed by atoms with Crippen LogP contribution in [-0.4, -0.2) is 30.4 Å². The lowest BCUT2D eigenvalue weighted by Crippen LogP contribution is -2.36. The van der Waals surface area contributed by atoms with Gasteiger partial charge in [-0.2, -0.15) is 0 Å². The highest BCUT2D eigenvalue weighted by Crippen LogP contribution is 2.23. The number of rotatable bonds is 2. The summed E-state index contributed by atoms with van der Waals surface area (Å²) in [5.74, 6) is 1.23. The van der Waals surface area contributed by atoms with Crippen molar-refractivity contribution in [3.8, 4) is 5.75 Å². The van der Waals surface area contributed by atoms with Crippen molar-refractivity contribution in [1.82, 2.24) is 4.90 Å². The van der Waals surface area contributed by atoms with Gasteiger partial charge >= 0.3 is 0 Å². The molecule has 1 aliphatic rings. The lowest BCUT2D eigenvalue weighted by molar-refractivity contribution is -0.127. The summed E-state index contributed by atoms with van der Waals surface area (Å²) in [5, 5.41) is 0. The molecule has 18 heavy (non-hydrogen) atoms. The van der Waals surface area contributed by atoms with Crippen LogP contribution in [0.4, 0.5) is 0 Å². The monoisotopic (exact) mass is 247 g/mol. The summed E-state index contributed by atoms with van der Waals surface area (Å²) in [7, 11) is 0. The second kappa shape index (κ2) is 5.11. The number of carbonyl (C=O) groups is 1. The third-order valence-corrected chi connectivity index (χ3v) is 3.24. The zero-order chi connectivity index (χ0) is 13.2. The van der Waals surface area contributed by atoms with Gasteiger partial charge in [0.1, 0.15) is 12.4 Å². The molecule has 0 saturated heterocycles. The van der Waals surface area contributed by atoms with E-state index >= 15 is 0 Å². The summed E-state index contributed by atoms with van der Waals surface area (Å²) in [6.07, 6.45) is 0. The first kappa shape index (κ1) is 13.1. The molecule has 0 aromatic heterocycles. The topological polar surface area (TPSA) is 29.5 Å². The minimum Gasteiger partial charge on any atom is -0.492 e. The Morgan fingerprint density at radius 2 is 2.06 bits per heavy atom. The molecule has 2 rings (SSSR count). The third-order valence-electron chi connectivity index (χ3n) is 3.24. The maximum Gasteiger partial charge on any atom is 0.152 e. The van der Waals surface area contributed by atoms with Crippen LogP contribution in [0.15, 0.2) is 24.3 Å². The van der Waals surface area contributed by atoms with E-state index in [9.17, 15) is 4.79 Å². The van der Waals surface area contributed by atoms with E-state index in [0.29, 0.717) is 13.2 Å². The minimum atomic E-state index is -0.271. The van der Waals surface area contributed by atoms with Crippen LogP contribution >= 0.6 is 0 Å². The smallest absolute Gasteiger partial charge is 0.152 e. The van der Waals surface area contributed by atoms with E-state index in [1.165, 1.54) is 0 Å². The van der Waals surface area contributed by atoms with Gasteiger partial charge in [0.05, 0.1) is 6.54 Å². The lowest BCUT2D eigenvalue weighted by atomic mass is 9.90. The average Bonchev–Trinajstić information content (AvgIpc) is 2.49. The average molecular weight is 247 g/mol. The number of nitrogens with zero attached hydrogens (tertiary/aromatic N) is 1. The van der Waals surface area contributed by atoms with Crippen LogP contribution < -0.4 is 4.74 Å². The molecule has 0 unspecified atom stereocenters. The molecule has 0 spiro atoms. The largest absolute Gasteiger partial charge is 0.492 e. The summed E-state index contributed by atoms with van der Waals surface area (Å²) in [5.41, 5.74) is 0.892. The maximum absolute atomic E-state index is 12.1. The van der Waals surface area contributed by atoms with E-state index < -0.39 is 0 Å². The Balaban J connectivity index is 2.07. The number of fused-ring (bicyclic) bond motifs is 1. The summed E-state index contributed by atoms with van der Waals surface area (Å²) in [4.78, 5) is 14.2. The molecular formula is C15H21NO2. The highest BCUT2D eigenvalue weighted by atomic mass is 16.5. The van der Waals surface area contributed by atoms with Crippen molar-refractivity contribution >= 4 is 5.78 Å². The zero-order valence-corrected chi connectivity index (χ0v) is 11.4. The van der Waals surface area contributed by atoms with Crippen molar-refractivity contribution in [2.75, 3.05) is 19.7 Å². The lowest BCUT2D eigenvalue weighted by Gasteiger charge is -2.23. The van der Waals surface area contributed by atoms with Crippen LogP contribution in [0, 0.1) is 5.41 Å². The quantitative estimate of drug-likeness (QED) is 0.804. The zero-order valence-electron chi connectivity index (χ0n) is 11.4. The van der Waals surface area contributed by atoms with Crippen molar-refractivity contribution < 1.29 is 9.53 Å². The number of hydrogen-bond acceptors (Lipinski definition) is 3. The molecule has 0 saturated carbocycles. The predicted molar refractivity (Wildman–Crippen MR) is 71.7 cm³/mol. The van der Waals surface area contributed by atoms with Crippen molar-refractivity contribution in [1.29, 1.82) is 0 Å². The molecular weight excluding hydrogens is 226 g/mol. The summed E-state index contributed by atoms with van der Waals surface area (Å²) in [6, 6.07) is 8.05. The number of ketones is 1. The number of Topliss-reactive ketones (excluding diaryl/α,β-unsaturated/α-hetero) is 1. The van der Waals surface area contributed by atoms with Crippen molar-refractivity contribution in [3.63, 3.8) is 0 Å². The molecule has 1 aliphatic heterocycles. The molecule has 3 nitrogen and oxygen atoms in total. The van der Waals surface area contributed by atoms with Crippen LogP contribution in [0.1, 0.15) is 26.3 Å². The number of hydrogen-bond donors (Lipinski definition) is 0. The molecule has 0 aliphatic carbocycles. The second-order valence-corrected chi connectivity index (χ2v) is 5.84. The Morgan fingerprint density at radius 3 is 2.78 bits per heavy atom. The third kappa shape index (κ3) is 3.10. The van der Waals surface area contributed by atoms with Crippen LogP contribution in [-0.2, 0) is 11.3 Å². The van der Waals surface area contributed by atoms with Gasteiger partial charge in [-0.1, -0.05) is 39.0 Å². The van der Waals surface area contributed by atoms with Gasteiger partial charge in [-0.25, -0.2) is 0 Å². The van der Waals surface area contributed by atoms with Gasteiger partial charge < -0.3 is 4.74 Å². The second-order valence-electron chi connectivity index (χ2n) is 5.84. The van der Waals surface area contributed by atoms with Crippen molar-refractivity contribution in [3.05, 3.63) is 29.8 Å². The molecule has 0 fully saturated rings. The maximum atomic E-state index is 12.1. The molecule has 1 heterocycles. The molecule has 1 aromatic rings. The van der Waals surface area contributed by atoms with E-state index in [1.54, 1.807) is 0 Å². The molecule has 0 N–H and O–H groups in total. The van der Waals surface area contributed by atoms with E-state index in [4.69, 9.17) is 4.74 Å². The van der Waals surface area contributed by atoms with E-state index in [2.05, 4.69) is 11.0 Å². The first-order chi connectivity index (χ1) is 8.47. The van der Waals surface area contributed by atoms with Gasteiger partial charge in [0.25, 0.3) is 0 Å². The highest BCUT2D eigenvalue weighted by molar-refractivity contribution is 5.85. The summed E-state index contributed by atoms with van der Waals surface area (Å²) in [6.45, 7) is 8.65. The molecule has 0 radical (unpaired) electrons. The molecule has 0 bridgehead atoms. The Bertz CT molecular complexity index is 434. The Hall–Kier alpha value is -1.35. The molecule has 0 atom stereocenters. The van der Waals surface area contributed by atoms with Crippen LogP contribution in [0.3, 0.4) is 0 Å². The first-order valence-corrected chi connectivity index (χ1v) is 6.43. The van der Waals surface area contributed by atoms with E-state index in [0.717, 1.165) is 24.4 Å². The number of para-hydroxylation sites is 1. The van der Waals surface area contributed by atoms with Gasteiger partial charge in [0.15, 0.2) is 5.78 Å². The minimum absolute atomic E-state index is 0.271. The molecule has 3 heteroatoms. The van der Waals surface area contributed by atoms with Gasteiger partial charge in [-0.05, 0) is 6.07 Å². The van der Waals surface area contributed by atoms with Crippen molar-refractivity contribution in [2.45, 2.75) is 27.3 Å². The fraction of sp³-hybridized carbons (Fsp3) is 0.533. The normalized spacial score (nSPS) is 16.6. The molecule has 1 aromatic carbocycles. The summed E-state index contributed by atoms with van der Waals surface area (Å²) < 4.78 is 5.69. The number of benzene rings is 1. The summed E-state index contributed by atoms with van der Waals surface area (Å²) >= 11 is 0. The highest BCUT2D eigenvalue weighted by Gasteiger charge is 2.24. The number of ether oxygens (including phenoxy) is 1. The Labute approximate surface area is 109 Å². The fourth-order valence-corrected chi connectivity index (χ4v) is 1.96. The van der Waals surface area contributed by atoms with E-state index in [-0.39, 0.29) is 11.2 Å². The molecule has 98 valence electrons. The van der Waals surface area contributed by atoms with Gasteiger partial charge in [-0.15, -0.1) is 0 Å². The standard InChI is InChI=1S/C15H21NO2/c1-15(2,3)14(17)11-16-8-9-18-13-7-5-4-6-12(13)10-16/h4-7H,8-11H2,1-3H3. The van der Waals surface area contributed by atoms with Crippen LogP contribution in [0.5, 0.6) is 5.75 Å². The van der Waals surface area contributed by atoms with Crippen molar-refractivity contribution in [2.24, 2.45) is 5.41 Å². The fourth-order valence-electron chi connectivity index (χ4n) is 1.96. The van der Waals surface area contributed by atoms with E-state index in [1.807, 2.05) is 39.0 Å². The van der Waals surface area contributed by atoms with Gasteiger partial charge in [0.2, 0.25) is 0 Å². The van der Waals surface area contributed by atoms with Crippen LogP contribution in [0.2, 0.25) is 0 Å². The SMILES string of the molecule is CC(C)(C)C(=O)CN1CCOc2ccccc2C1. The number of carbonyl (C=O) groups excluding carboxylic acids is 1. The Morgan fingerprint density at radius 1 is 1.33 bits per heavy atom. The van der Waals surface area contributed by atoms with Gasteiger partial charge in [0, 0.05) is 24.1 Å². The Kier molecular flexibility index (Phi) is 3.71. The van der Waals surface area contributed by atoms with Crippen LogP contribution in [0.25, 0.3) is 0 Å². The predicted octanol–water partition coefficient (Wildman–Crippen LogP) is 2.50.